The molecule has 1 aliphatic heterocycles. The van der Waals surface area contributed by atoms with E-state index in [1.54, 1.807) is 0 Å². The first-order valence-corrected chi connectivity index (χ1v) is 6.99. The standard InChI is InChI=1S/C13H16BF3N4O2/c1-11(2)12(3,4)23-14(22-11)8-6-21-5-7(13(15,16)17)19-9(18)10(21)20-8/h5-6H,1-4H3,(H2,18,19). The predicted molar refractivity (Wildman–Crippen MR) is 78.1 cm³/mol. The normalized spacial score (nSPS) is 20.4. The van der Waals surface area contributed by atoms with Crippen molar-refractivity contribution in [1.82, 2.24) is 14.4 Å². The molecule has 0 amide bonds. The van der Waals surface area contributed by atoms with Gasteiger partial charge in [0.05, 0.1) is 16.8 Å². The summed E-state index contributed by atoms with van der Waals surface area (Å²) in [5, 5.41) is 0. The Morgan fingerprint density at radius 3 is 2.17 bits per heavy atom. The van der Waals surface area contributed by atoms with Crippen LogP contribution in [-0.2, 0) is 15.5 Å². The van der Waals surface area contributed by atoms with Crippen molar-refractivity contribution in [3.8, 4) is 0 Å². The Kier molecular flexibility index (Phi) is 3.22. The van der Waals surface area contributed by atoms with Gasteiger partial charge in [0, 0.05) is 12.4 Å². The van der Waals surface area contributed by atoms with E-state index in [2.05, 4.69) is 9.97 Å². The molecule has 0 aromatic carbocycles. The van der Waals surface area contributed by atoms with Crippen molar-refractivity contribution in [3.63, 3.8) is 0 Å². The van der Waals surface area contributed by atoms with Crippen molar-refractivity contribution in [3.05, 3.63) is 18.1 Å². The Bertz CT molecular complexity index is 756. The zero-order valence-corrected chi connectivity index (χ0v) is 13.1. The summed E-state index contributed by atoms with van der Waals surface area (Å²) in [5.74, 6) is -0.303. The molecule has 3 rings (SSSR count). The molecule has 0 aliphatic carbocycles. The molecule has 0 atom stereocenters. The van der Waals surface area contributed by atoms with Gasteiger partial charge in [0.15, 0.2) is 17.2 Å². The van der Waals surface area contributed by atoms with Crippen molar-refractivity contribution in [2.45, 2.75) is 45.1 Å². The molecule has 6 nitrogen and oxygen atoms in total. The smallest absolute Gasteiger partial charge is 0.398 e. The third-order valence-corrected chi connectivity index (χ3v) is 4.27. The molecule has 0 radical (unpaired) electrons. The van der Waals surface area contributed by atoms with Crippen LogP contribution in [0.15, 0.2) is 12.4 Å². The lowest BCUT2D eigenvalue weighted by Gasteiger charge is -2.32. The van der Waals surface area contributed by atoms with E-state index >= 15 is 0 Å². The van der Waals surface area contributed by atoms with Crippen LogP contribution in [0.1, 0.15) is 33.4 Å². The van der Waals surface area contributed by atoms with E-state index < -0.39 is 30.2 Å². The second kappa shape index (κ2) is 4.61. The summed E-state index contributed by atoms with van der Waals surface area (Å²) in [6.45, 7) is 7.50. The van der Waals surface area contributed by atoms with Gasteiger partial charge < -0.3 is 19.4 Å². The van der Waals surface area contributed by atoms with Crippen molar-refractivity contribution in [2.24, 2.45) is 0 Å². The second-order valence-electron chi connectivity index (χ2n) is 6.49. The Balaban J connectivity index is 2.03. The van der Waals surface area contributed by atoms with Gasteiger partial charge in [-0.15, -0.1) is 0 Å². The van der Waals surface area contributed by atoms with Gasteiger partial charge in [-0.3, -0.25) is 0 Å². The number of nitrogens with two attached hydrogens (primary N) is 1. The van der Waals surface area contributed by atoms with Crippen LogP contribution in [0.5, 0.6) is 0 Å². The number of nitrogen functional groups attached to an aromatic ring is 1. The summed E-state index contributed by atoms with van der Waals surface area (Å²) < 4.78 is 51.3. The molecule has 1 fully saturated rings. The molecule has 1 aliphatic rings. The van der Waals surface area contributed by atoms with E-state index in [0.29, 0.717) is 5.59 Å². The molecule has 2 N–H and O–H groups in total. The van der Waals surface area contributed by atoms with Crippen LogP contribution in [0, 0.1) is 0 Å². The van der Waals surface area contributed by atoms with E-state index in [-0.39, 0.29) is 11.5 Å². The average Bonchev–Trinajstić information content (AvgIpc) is 2.88. The van der Waals surface area contributed by atoms with Gasteiger partial charge in [0.25, 0.3) is 0 Å². The summed E-state index contributed by atoms with van der Waals surface area (Å²) in [6, 6.07) is 0. The third-order valence-electron chi connectivity index (χ3n) is 4.27. The number of alkyl halides is 3. The largest absolute Gasteiger partial charge is 0.516 e. The van der Waals surface area contributed by atoms with Crippen LogP contribution in [0.3, 0.4) is 0 Å². The highest BCUT2D eigenvalue weighted by Gasteiger charge is 2.52. The van der Waals surface area contributed by atoms with Crippen molar-refractivity contribution in [1.29, 1.82) is 0 Å². The van der Waals surface area contributed by atoms with E-state index in [1.807, 2.05) is 27.7 Å². The topological polar surface area (TPSA) is 74.7 Å². The quantitative estimate of drug-likeness (QED) is 0.806. The van der Waals surface area contributed by atoms with Crippen molar-refractivity contribution < 1.29 is 22.5 Å². The molecule has 3 heterocycles. The molecule has 2 aromatic rings. The number of fused-ring (bicyclic) bond motifs is 1. The number of imidazole rings is 1. The highest BCUT2D eigenvalue weighted by atomic mass is 19.4. The number of halogens is 3. The maximum absolute atomic E-state index is 12.8. The molecule has 0 saturated carbocycles. The fourth-order valence-corrected chi connectivity index (χ4v) is 2.25. The van der Waals surface area contributed by atoms with Gasteiger partial charge in [-0.2, -0.15) is 13.2 Å². The number of hydrogen-bond donors (Lipinski definition) is 1. The van der Waals surface area contributed by atoms with Gasteiger partial charge in [0.1, 0.15) is 0 Å². The van der Waals surface area contributed by atoms with Crippen LogP contribution in [0.4, 0.5) is 19.0 Å². The highest BCUT2D eigenvalue weighted by Crippen LogP contribution is 2.36. The predicted octanol–water partition coefficient (Wildman–Crippen LogP) is 1.63. The second-order valence-corrected chi connectivity index (χ2v) is 6.49. The zero-order chi connectivity index (χ0) is 17.2. The van der Waals surface area contributed by atoms with Crippen molar-refractivity contribution in [2.75, 3.05) is 5.73 Å². The first-order chi connectivity index (χ1) is 10.4. The average molecular weight is 328 g/mol. The summed E-state index contributed by atoms with van der Waals surface area (Å²) in [4.78, 5) is 7.56. The van der Waals surface area contributed by atoms with E-state index in [1.165, 1.54) is 10.6 Å². The minimum Gasteiger partial charge on any atom is -0.398 e. The molecule has 2 aromatic heterocycles. The lowest BCUT2D eigenvalue weighted by atomic mass is 9.86. The third kappa shape index (κ3) is 2.55. The molecular formula is C13H16BF3N4O2. The maximum atomic E-state index is 12.8. The fraction of sp³-hybridized carbons (Fsp3) is 0.538. The zero-order valence-electron chi connectivity index (χ0n) is 13.1. The molecule has 23 heavy (non-hydrogen) atoms. The van der Waals surface area contributed by atoms with Crippen LogP contribution >= 0.6 is 0 Å². The Morgan fingerprint density at radius 1 is 1.09 bits per heavy atom. The SMILES string of the molecule is CC1(C)OB(c2cn3cc(C(F)(F)F)nc(N)c3n2)OC1(C)C. The monoisotopic (exact) mass is 328 g/mol. The molecule has 0 spiro atoms. The van der Waals surface area contributed by atoms with Crippen LogP contribution in [-0.4, -0.2) is 32.7 Å². The number of hydrogen-bond acceptors (Lipinski definition) is 5. The number of rotatable bonds is 1. The number of aromatic nitrogens is 3. The summed E-state index contributed by atoms with van der Waals surface area (Å²) in [6.07, 6.45) is -2.34. The Hall–Kier alpha value is -1.81. The summed E-state index contributed by atoms with van der Waals surface area (Å²) in [5.41, 5.74) is 3.83. The van der Waals surface area contributed by atoms with Crippen molar-refractivity contribution >= 4 is 24.2 Å². The van der Waals surface area contributed by atoms with Gasteiger partial charge >= 0.3 is 13.3 Å². The molecular weight excluding hydrogens is 312 g/mol. The van der Waals surface area contributed by atoms with Gasteiger partial charge in [-0.25, -0.2) is 9.97 Å². The lowest BCUT2D eigenvalue weighted by Crippen LogP contribution is -2.41. The number of nitrogens with zero attached hydrogens (tertiary/aromatic N) is 3. The Morgan fingerprint density at radius 2 is 1.65 bits per heavy atom. The van der Waals surface area contributed by atoms with E-state index in [4.69, 9.17) is 15.0 Å². The van der Waals surface area contributed by atoms with Gasteiger partial charge in [0.2, 0.25) is 0 Å². The first kappa shape index (κ1) is 16.1. The minimum atomic E-state index is -4.59. The first-order valence-electron chi connectivity index (χ1n) is 6.99. The summed E-state index contributed by atoms with van der Waals surface area (Å²) in [7, 11) is -0.784. The molecule has 10 heteroatoms. The molecule has 0 unspecified atom stereocenters. The maximum Gasteiger partial charge on any atom is 0.516 e. The Labute approximate surface area is 130 Å². The lowest BCUT2D eigenvalue weighted by molar-refractivity contribution is -0.141. The van der Waals surface area contributed by atoms with Crippen LogP contribution < -0.4 is 11.3 Å². The van der Waals surface area contributed by atoms with E-state index in [0.717, 1.165) is 6.20 Å². The summed E-state index contributed by atoms with van der Waals surface area (Å²) >= 11 is 0. The van der Waals surface area contributed by atoms with E-state index in [9.17, 15) is 13.2 Å². The van der Waals surface area contributed by atoms with Crippen LogP contribution in [0.2, 0.25) is 0 Å². The highest BCUT2D eigenvalue weighted by molar-refractivity contribution is 6.61. The number of anilines is 1. The van der Waals surface area contributed by atoms with Gasteiger partial charge in [-0.1, -0.05) is 0 Å². The molecule has 124 valence electrons. The van der Waals surface area contributed by atoms with Gasteiger partial charge in [-0.05, 0) is 27.7 Å². The molecule has 0 bridgehead atoms. The molecule has 1 saturated heterocycles. The fourth-order valence-electron chi connectivity index (χ4n) is 2.25. The minimum absolute atomic E-state index is 0.128. The van der Waals surface area contributed by atoms with Crippen LogP contribution in [0.25, 0.3) is 5.65 Å².